The number of benzene rings is 1. The molecule has 2 aromatic heterocycles. The highest BCUT2D eigenvalue weighted by molar-refractivity contribution is 7.21. The van der Waals surface area contributed by atoms with Crippen LogP contribution < -0.4 is 11.1 Å². The number of hydrogen-bond acceptors (Lipinski definition) is 4. The van der Waals surface area contributed by atoms with Crippen LogP contribution in [-0.4, -0.2) is 17.4 Å². The van der Waals surface area contributed by atoms with Crippen LogP contribution in [0.25, 0.3) is 10.2 Å². The Hall–Kier alpha value is -2.40. The van der Waals surface area contributed by atoms with Gasteiger partial charge < -0.3 is 11.1 Å². The Morgan fingerprint density at radius 2 is 1.77 bits per heavy atom. The van der Waals surface area contributed by atoms with E-state index in [1.807, 2.05) is 6.07 Å². The molecular formula is C25H29N3OS. The van der Waals surface area contributed by atoms with Gasteiger partial charge in [-0.3, -0.25) is 4.79 Å². The van der Waals surface area contributed by atoms with E-state index in [-0.39, 0.29) is 5.91 Å². The van der Waals surface area contributed by atoms with Crippen molar-refractivity contribution in [3.8, 4) is 0 Å². The molecule has 1 amide bonds. The van der Waals surface area contributed by atoms with Crippen LogP contribution in [0.5, 0.6) is 0 Å². The molecule has 0 saturated heterocycles. The largest absolute Gasteiger partial charge is 0.397 e. The Balaban J connectivity index is 1.19. The molecule has 3 N–H and O–H groups in total. The van der Waals surface area contributed by atoms with Gasteiger partial charge in [-0.15, -0.1) is 11.3 Å². The van der Waals surface area contributed by atoms with Crippen molar-refractivity contribution in [2.45, 2.75) is 63.2 Å². The maximum Gasteiger partial charge on any atom is 0.263 e. The number of carbonyl (C=O) groups is 1. The number of aromatic nitrogens is 1. The van der Waals surface area contributed by atoms with Gasteiger partial charge in [-0.05, 0) is 61.3 Å². The first-order valence-electron chi connectivity index (χ1n) is 11.2. The Bertz CT molecular complexity index is 1050. The molecule has 2 heterocycles. The third-order valence-corrected chi connectivity index (χ3v) is 7.69. The third-order valence-electron chi connectivity index (χ3n) is 6.57. The highest BCUT2D eigenvalue weighted by Crippen LogP contribution is 2.41. The van der Waals surface area contributed by atoms with Gasteiger partial charge in [-0.2, -0.15) is 0 Å². The first kappa shape index (κ1) is 19.6. The molecule has 1 aromatic carbocycles. The van der Waals surface area contributed by atoms with E-state index in [4.69, 9.17) is 10.7 Å². The van der Waals surface area contributed by atoms with Crippen LogP contribution >= 0.6 is 11.3 Å². The molecule has 5 rings (SSSR count). The number of nitrogens with zero attached hydrogens (tertiary/aromatic N) is 1. The van der Waals surface area contributed by atoms with Gasteiger partial charge in [0.15, 0.2) is 0 Å². The molecule has 156 valence electrons. The van der Waals surface area contributed by atoms with Crippen LogP contribution in [0.4, 0.5) is 5.69 Å². The van der Waals surface area contributed by atoms with Crippen LogP contribution in [0.2, 0.25) is 0 Å². The molecule has 3 aromatic rings. The zero-order valence-electron chi connectivity index (χ0n) is 17.3. The number of amides is 1. The van der Waals surface area contributed by atoms with E-state index in [1.54, 1.807) is 0 Å². The van der Waals surface area contributed by atoms with Crippen LogP contribution in [0.1, 0.15) is 83.3 Å². The smallest absolute Gasteiger partial charge is 0.263 e. The lowest BCUT2D eigenvalue weighted by molar-refractivity contribution is 0.0959. The van der Waals surface area contributed by atoms with E-state index in [1.165, 1.54) is 67.4 Å². The second-order valence-electron chi connectivity index (χ2n) is 8.79. The third kappa shape index (κ3) is 4.08. The predicted molar refractivity (Wildman–Crippen MR) is 124 cm³/mol. The van der Waals surface area contributed by atoms with Crippen LogP contribution in [0.3, 0.4) is 0 Å². The summed E-state index contributed by atoms with van der Waals surface area (Å²) in [4.78, 5) is 18.9. The Kier molecular flexibility index (Phi) is 5.47. The molecule has 0 radical (unpaired) electrons. The number of hydrogen-bond donors (Lipinski definition) is 2. The molecule has 0 atom stereocenters. The molecule has 2 aliphatic carbocycles. The van der Waals surface area contributed by atoms with E-state index in [2.05, 4.69) is 35.6 Å². The zero-order chi connectivity index (χ0) is 20.5. The molecule has 5 heteroatoms. The Morgan fingerprint density at radius 1 is 1.00 bits per heavy atom. The summed E-state index contributed by atoms with van der Waals surface area (Å²) in [5.41, 5.74) is 10.7. The number of nitrogen functional groups attached to an aromatic ring is 1. The molecule has 2 aliphatic rings. The van der Waals surface area contributed by atoms with Crippen LogP contribution in [0.15, 0.2) is 36.4 Å². The zero-order valence-corrected chi connectivity index (χ0v) is 18.1. The minimum absolute atomic E-state index is 0.0951. The van der Waals surface area contributed by atoms with Crippen molar-refractivity contribution in [2.24, 2.45) is 0 Å². The summed E-state index contributed by atoms with van der Waals surface area (Å²) in [6.45, 7) is 0.607. The van der Waals surface area contributed by atoms with Crippen LogP contribution in [-0.2, 0) is 6.42 Å². The van der Waals surface area contributed by atoms with Gasteiger partial charge in [0.05, 0.1) is 5.69 Å². The number of carbonyl (C=O) groups excluding carboxylic acids is 1. The van der Waals surface area contributed by atoms with Gasteiger partial charge in [0.2, 0.25) is 0 Å². The molecule has 2 fully saturated rings. The summed E-state index contributed by atoms with van der Waals surface area (Å²) in [6.07, 6.45) is 10.0. The average Bonchev–Trinajstić information content (AvgIpc) is 3.58. The van der Waals surface area contributed by atoms with Gasteiger partial charge in [0.25, 0.3) is 5.91 Å². The molecular weight excluding hydrogens is 390 g/mol. The van der Waals surface area contributed by atoms with E-state index in [9.17, 15) is 4.79 Å². The fourth-order valence-corrected chi connectivity index (χ4v) is 5.60. The average molecular weight is 420 g/mol. The molecule has 0 spiro atoms. The second-order valence-corrected chi connectivity index (χ2v) is 9.79. The van der Waals surface area contributed by atoms with Gasteiger partial charge in [0.1, 0.15) is 9.71 Å². The van der Waals surface area contributed by atoms with Gasteiger partial charge >= 0.3 is 0 Å². The summed E-state index contributed by atoms with van der Waals surface area (Å²) in [5.74, 6) is 1.24. The molecule has 0 bridgehead atoms. The molecule has 4 nitrogen and oxygen atoms in total. The number of nitrogens with two attached hydrogens (primary N) is 1. The summed E-state index contributed by atoms with van der Waals surface area (Å²) < 4.78 is 0. The summed E-state index contributed by atoms with van der Waals surface area (Å²) >= 11 is 1.41. The lowest BCUT2D eigenvalue weighted by Gasteiger charge is -2.22. The summed E-state index contributed by atoms with van der Waals surface area (Å²) in [5, 5.41) is 3.94. The van der Waals surface area contributed by atoms with Crippen molar-refractivity contribution >= 4 is 33.1 Å². The summed E-state index contributed by atoms with van der Waals surface area (Å²) in [7, 11) is 0. The first-order valence-corrected chi connectivity index (χ1v) is 12.1. The van der Waals surface area contributed by atoms with Gasteiger partial charge in [-0.25, -0.2) is 4.98 Å². The number of fused-ring (bicyclic) bond motifs is 1. The number of nitrogens with one attached hydrogen (secondary N) is 1. The molecule has 0 aliphatic heterocycles. The van der Waals surface area contributed by atoms with E-state index >= 15 is 0 Å². The maximum atomic E-state index is 12.7. The lowest BCUT2D eigenvalue weighted by atomic mass is 9.84. The molecule has 0 unspecified atom stereocenters. The van der Waals surface area contributed by atoms with Crippen molar-refractivity contribution in [3.63, 3.8) is 0 Å². The Labute approximate surface area is 181 Å². The lowest BCUT2D eigenvalue weighted by Crippen LogP contribution is -2.25. The maximum absolute atomic E-state index is 12.7. The first-order chi connectivity index (χ1) is 14.7. The number of anilines is 1. The van der Waals surface area contributed by atoms with E-state index in [0.717, 1.165) is 28.2 Å². The normalized spacial score (nSPS) is 17.3. The topological polar surface area (TPSA) is 68.0 Å². The Morgan fingerprint density at radius 3 is 2.50 bits per heavy atom. The fraction of sp³-hybridized carbons (Fsp3) is 0.440. The minimum Gasteiger partial charge on any atom is -0.397 e. The minimum atomic E-state index is -0.0951. The monoisotopic (exact) mass is 419 g/mol. The molecule has 2 saturated carbocycles. The quantitative estimate of drug-likeness (QED) is 0.532. The number of pyridine rings is 1. The summed E-state index contributed by atoms with van der Waals surface area (Å²) in [6, 6.07) is 13.1. The van der Waals surface area contributed by atoms with Crippen molar-refractivity contribution in [1.29, 1.82) is 0 Å². The van der Waals surface area contributed by atoms with E-state index in [0.29, 0.717) is 23.0 Å². The van der Waals surface area contributed by atoms with Crippen molar-refractivity contribution in [3.05, 3.63) is 58.1 Å². The standard InChI is InChI=1S/C25H29N3OS/c26-22-20-12-13-21(19-10-11-19)28-25(20)30-23(22)24(29)27-15-14-16-6-8-18(9-7-16)17-4-2-1-3-5-17/h6-9,12-13,17,19H,1-5,10-11,14-15,26H2,(H,27,29). The number of rotatable bonds is 6. The van der Waals surface area contributed by atoms with Crippen LogP contribution in [0, 0.1) is 0 Å². The van der Waals surface area contributed by atoms with E-state index < -0.39 is 0 Å². The van der Waals surface area contributed by atoms with Crippen molar-refractivity contribution < 1.29 is 4.79 Å². The second kappa shape index (κ2) is 8.38. The fourth-order valence-electron chi connectivity index (χ4n) is 4.58. The molecule has 30 heavy (non-hydrogen) atoms. The van der Waals surface area contributed by atoms with Gasteiger partial charge in [0, 0.05) is 23.5 Å². The number of thiophene rings is 1. The SMILES string of the molecule is Nc1c(C(=O)NCCc2ccc(C3CCCCC3)cc2)sc2nc(C3CC3)ccc12. The van der Waals surface area contributed by atoms with Gasteiger partial charge in [-0.1, -0.05) is 43.5 Å². The van der Waals surface area contributed by atoms with Crippen molar-refractivity contribution in [2.75, 3.05) is 12.3 Å². The van der Waals surface area contributed by atoms with Crippen molar-refractivity contribution in [1.82, 2.24) is 10.3 Å². The predicted octanol–water partition coefficient (Wildman–Crippen LogP) is 5.78. The highest BCUT2D eigenvalue weighted by Gasteiger charge is 2.26. The highest BCUT2D eigenvalue weighted by atomic mass is 32.1.